The third-order valence-electron chi connectivity index (χ3n) is 3.46. The lowest BCUT2D eigenvalue weighted by molar-refractivity contribution is 0.263. The van der Waals surface area contributed by atoms with E-state index < -0.39 is 10.0 Å². The van der Waals surface area contributed by atoms with E-state index in [9.17, 15) is 8.42 Å². The first-order valence-corrected chi connectivity index (χ1v) is 8.05. The Kier molecular flexibility index (Phi) is 4.14. The molecule has 1 aliphatic heterocycles. The molecule has 6 heteroatoms. The molecule has 0 spiro atoms. The first-order chi connectivity index (χ1) is 9.34. The van der Waals surface area contributed by atoms with Crippen molar-refractivity contribution >= 4 is 10.0 Å². The van der Waals surface area contributed by atoms with Crippen LogP contribution in [0.5, 0.6) is 0 Å². The Bertz CT molecular complexity index is 639. The fraction of sp³-hybridized carbons (Fsp3) is 0.500. The first kappa shape index (κ1) is 15.0. The van der Waals surface area contributed by atoms with Gasteiger partial charge in [-0.05, 0) is 38.5 Å². The second-order valence-electron chi connectivity index (χ2n) is 5.38. The van der Waals surface area contributed by atoms with Gasteiger partial charge >= 0.3 is 0 Å². The topological polar surface area (TPSA) is 73.2 Å². The van der Waals surface area contributed by atoms with Crippen LogP contribution in [0.25, 0.3) is 0 Å². The monoisotopic (exact) mass is 293 g/mol. The lowest BCUT2D eigenvalue weighted by Gasteiger charge is -2.35. The predicted octanol–water partition coefficient (Wildman–Crippen LogP) is 1.24. The molecule has 20 heavy (non-hydrogen) atoms. The number of piperazine rings is 1. The number of aryl methyl sites for hydroxylation is 1. The molecule has 1 N–H and O–H groups in total. The minimum Gasteiger partial charge on any atom is -0.309 e. The number of hydrogen-bond donors (Lipinski definition) is 1. The number of sulfonamides is 1. The molecule has 0 unspecified atom stereocenters. The standard InChI is InChI=1S/C14H19N3O2S/c1-10-4-5-13(7-15)6-14(10)20(18,19)17-8-11(2)16-12(3)9-17/h4-6,11-12,16H,8-9H2,1-3H3/t11-,12-/m0/s1. The molecule has 108 valence electrons. The van der Waals surface area contributed by atoms with Crippen LogP contribution in [-0.2, 0) is 10.0 Å². The van der Waals surface area contributed by atoms with E-state index in [1.807, 2.05) is 19.9 Å². The highest BCUT2D eigenvalue weighted by atomic mass is 32.2. The summed E-state index contributed by atoms with van der Waals surface area (Å²) in [5, 5.41) is 12.3. The molecule has 5 nitrogen and oxygen atoms in total. The number of nitriles is 1. The van der Waals surface area contributed by atoms with Crippen LogP contribution < -0.4 is 5.32 Å². The zero-order valence-corrected chi connectivity index (χ0v) is 12.7. The molecule has 2 atom stereocenters. The van der Waals surface area contributed by atoms with E-state index in [0.29, 0.717) is 24.2 Å². The molecule has 1 aromatic carbocycles. The molecule has 0 radical (unpaired) electrons. The molecule has 1 aliphatic rings. The van der Waals surface area contributed by atoms with E-state index in [2.05, 4.69) is 5.32 Å². The van der Waals surface area contributed by atoms with Crippen LogP contribution in [0.1, 0.15) is 25.0 Å². The maximum absolute atomic E-state index is 12.8. The van der Waals surface area contributed by atoms with Crippen LogP contribution in [0.2, 0.25) is 0 Å². The highest BCUT2D eigenvalue weighted by Gasteiger charge is 2.32. The Hall–Kier alpha value is -1.42. The van der Waals surface area contributed by atoms with Gasteiger partial charge in [0.1, 0.15) is 0 Å². The largest absolute Gasteiger partial charge is 0.309 e. The van der Waals surface area contributed by atoms with Crippen molar-refractivity contribution in [1.29, 1.82) is 5.26 Å². The molecular formula is C14H19N3O2S. The number of rotatable bonds is 2. The number of benzene rings is 1. The lowest BCUT2D eigenvalue weighted by Crippen LogP contribution is -2.55. The van der Waals surface area contributed by atoms with Crippen LogP contribution in [0.4, 0.5) is 0 Å². The number of nitrogens with one attached hydrogen (secondary N) is 1. The van der Waals surface area contributed by atoms with Crippen LogP contribution in [0.15, 0.2) is 23.1 Å². The van der Waals surface area contributed by atoms with Crippen molar-refractivity contribution in [2.45, 2.75) is 37.8 Å². The van der Waals surface area contributed by atoms with Crippen molar-refractivity contribution in [3.8, 4) is 6.07 Å². The number of hydrogen-bond acceptors (Lipinski definition) is 4. The van der Waals surface area contributed by atoms with Gasteiger partial charge in [0.15, 0.2) is 0 Å². The quantitative estimate of drug-likeness (QED) is 0.890. The van der Waals surface area contributed by atoms with E-state index in [4.69, 9.17) is 5.26 Å². The summed E-state index contributed by atoms with van der Waals surface area (Å²) in [7, 11) is -3.55. The van der Waals surface area contributed by atoms with Crippen molar-refractivity contribution < 1.29 is 8.42 Å². The summed E-state index contributed by atoms with van der Waals surface area (Å²) >= 11 is 0. The molecule has 0 saturated carbocycles. The molecule has 2 rings (SSSR count). The van der Waals surface area contributed by atoms with Crippen molar-refractivity contribution in [2.75, 3.05) is 13.1 Å². The third kappa shape index (κ3) is 2.85. The van der Waals surface area contributed by atoms with E-state index in [1.165, 1.54) is 10.4 Å². The molecular weight excluding hydrogens is 274 g/mol. The first-order valence-electron chi connectivity index (χ1n) is 6.61. The molecule has 1 fully saturated rings. The summed E-state index contributed by atoms with van der Waals surface area (Å²) in [5.74, 6) is 0. The molecule has 0 amide bonds. The van der Waals surface area contributed by atoms with Crippen molar-refractivity contribution in [3.63, 3.8) is 0 Å². The van der Waals surface area contributed by atoms with E-state index in [1.54, 1.807) is 19.1 Å². The highest BCUT2D eigenvalue weighted by Crippen LogP contribution is 2.23. The fourth-order valence-electron chi connectivity index (χ4n) is 2.56. The van der Waals surface area contributed by atoms with Crippen molar-refractivity contribution in [3.05, 3.63) is 29.3 Å². The average Bonchev–Trinajstić information content (AvgIpc) is 2.38. The van der Waals surface area contributed by atoms with Gasteiger partial charge in [-0.2, -0.15) is 9.57 Å². The minimum atomic E-state index is -3.55. The summed E-state index contributed by atoms with van der Waals surface area (Å²) in [6.07, 6.45) is 0. The Morgan fingerprint density at radius 3 is 2.45 bits per heavy atom. The normalized spacial score (nSPS) is 24.3. The smallest absolute Gasteiger partial charge is 0.243 e. The SMILES string of the molecule is Cc1ccc(C#N)cc1S(=O)(=O)N1C[C@H](C)N[C@@H](C)C1. The summed E-state index contributed by atoms with van der Waals surface area (Å²) < 4.78 is 27.0. The Labute approximate surface area is 120 Å². The van der Waals surface area contributed by atoms with Gasteiger partial charge in [0, 0.05) is 25.2 Å². The van der Waals surface area contributed by atoms with Crippen LogP contribution in [0.3, 0.4) is 0 Å². The van der Waals surface area contributed by atoms with Crippen molar-refractivity contribution in [1.82, 2.24) is 9.62 Å². The highest BCUT2D eigenvalue weighted by molar-refractivity contribution is 7.89. The molecule has 1 aromatic rings. The third-order valence-corrected chi connectivity index (χ3v) is 5.43. The molecule has 1 saturated heterocycles. The second kappa shape index (κ2) is 5.52. The Morgan fingerprint density at radius 1 is 1.30 bits per heavy atom. The van der Waals surface area contributed by atoms with Crippen LogP contribution >= 0.6 is 0 Å². The average molecular weight is 293 g/mol. The molecule has 0 bridgehead atoms. The van der Waals surface area contributed by atoms with E-state index >= 15 is 0 Å². The van der Waals surface area contributed by atoms with Gasteiger partial charge in [-0.25, -0.2) is 8.42 Å². The fourth-order valence-corrected chi connectivity index (χ4v) is 4.43. The van der Waals surface area contributed by atoms with Gasteiger partial charge in [0.05, 0.1) is 16.5 Å². The van der Waals surface area contributed by atoms with Crippen molar-refractivity contribution in [2.24, 2.45) is 0 Å². The summed E-state index contributed by atoms with van der Waals surface area (Å²) in [6, 6.07) is 7.01. The summed E-state index contributed by atoms with van der Waals surface area (Å²) in [5.41, 5.74) is 1.04. The summed E-state index contributed by atoms with van der Waals surface area (Å²) in [4.78, 5) is 0.234. The van der Waals surface area contributed by atoms with Crippen LogP contribution in [-0.4, -0.2) is 37.9 Å². The lowest BCUT2D eigenvalue weighted by atomic mass is 10.2. The number of nitrogens with zero attached hydrogens (tertiary/aromatic N) is 2. The molecule has 0 aromatic heterocycles. The molecule has 1 heterocycles. The van der Waals surface area contributed by atoms with Gasteiger partial charge in [0.2, 0.25) is 10.0 Å². The zero-order chi connectivity index (χ0) is 14.9. The Balaban J connectivity index is 2.42. The minimum absolute atomic E-state index is 0.119. The zero-order valence-electron chi connectivity index (χ0n) is 11.9. The van der Waals surface area contributed by atoms with Gasteiger partial charge in [-0.1, -0.05) is 6.07 Å². The van der Waals surface area contributed by atoms with Gasteiger partial charge in [-0.15, -0.1) is 0 Å². The maximum Gasteiger partial charge on any atom is 0.243 e. The van der Waals surface area contributed by atoms with E-state index in [-0.39, 0.29) is 17.0 Å². The predicted molar refractivity (Wildman–Crippen MR) is 76.7 cm³/mol. The maximum atomic E-state index is 12.8. The summed E-state index contributed by atoms with van der Waals surface area (Å²) in [6.45, 7) is 6.59. The second-order valence-corrected chi connectivity index (χ2v) is 7.29. The van der Waals surface area contributed by atoms with Gasteiger partial charge in [-0.3, -0.25) is 0 Å². The molecule has 0 aliphatic carbocycles. The van der Waals surface area contributed by atoms with Gasteiger partial charge in [0.25, 0.3) is 0 Å². The van der Waals surface area contributed by atoms with E-state index in [0.717, 1.165) is 0 Å². The van der Waals surface area contributed by atoms with Crippen LogP contribution in [0, 0.1) is 18.3 Å². The Morgan fingerprint density at radius 2 is 1.90 bits per heavy atom. The van der Waals surface area contributed by atoms with Gasteiger partial charge < -0.3 is 5.32 Å².